The minimum atomic E-state index is -1.03. The van der Waals surface area contributed by atoms with E-state index in [0.717, 1.165) is 41.3 Å². The van der Waals surface area contributed by atoms with Crippen molar-refractivity contribution in [3.05, 3.63) is 34.3 Å². The van der Waals surface area contributed by atoms with Gasteiger partial charge in [-0.15, -0.1) is 10.2 Å². The molecule has 0 spiro atoms. The monoisotopic (exact) mass is 473 g/mol. The van der Waals surface area contributed by atoms with Crippen LogP contribution in [0.15, 0.2) is 33.3 Å². The molecule has 2 aliphatic rings. The molecule has 4 heterocycles. The fourth-order valence-corrected chi connectivity index (χ4v) is 4.70. The van der Waals surface area contributed by atoms with Crippen molar-refractivity contribution in [2.75, 3.05) is 36.0 Å². The van der Waals surface area contributed by atoms with Crippen LogP contribution in [0.5, 0.6) is 0 Å². The molecule has 2 aromatic heterocycles. The highest BCUT2D eigenvalue weighted by atomic mass is 79.9. The lowest BCUT2D eigenvalue weighted by Crippen LogP contribution is -2.29. The average Bonchev–Trinajstić information content (AvgIpc) is 3.44. The van der Waals surface area contributed by atoms with Crippen molar-refractivity contribution in [2.45, 2.75) is 13.5 Å². The first-order valence-corrected chi connectivity index (χ1v) is 10.5. The lowest BCUT2D eigenvalue weighted by molar-refractivity contribution is -0.138. The summed E-state index contributed by atoms with van der Waals surface area (Å²) in [4.78, 5) is 16.5. The topological polar surface area (TPSA) is 113 Å². The summed E-state index contributed by atoms with van der Waals surface area (Å²) in [6.45, 7) is 5.68. The molecule has 11 heteroatoms. The summed E-state index contributed by atoms with van der Waals surface area (Å²) >= 11 is 3.58. The molecule has 0 amide bonds. The molecule has 1 aromatic carbocycles. The van der Waals surface area contributed by atoms with Gasteiger partial charge in [0.2, 0.25) is 11.6 Å². The molecule has 0 bridgehead atoms. The van der Waals surface area contributed by atoms with Crippen LogP contribution in [0.3, 0.4) is 0 Å². The Morgan fingerprint density at radius 2 is 1.93 bits per heavy atom. The Kier molecular flexibility index (Phi) is 4.69. The van der Waals surface area contributed by atoms with Gasteiger partial charge in [-0.05, 0) is 29.8 Å². The van der Waals surface area contributed by atoms with Gasteiger partial charge in [0.1, 0.15) is 0 Å². The predicted octanol–water partition coefficient (Wildman–Crippen LogP) is 2.06. The molecule has 2 unspecified atom stereocenters. The second kappa shape index (κ2) is 7.38. The maximum absolute atomic E-state index is 10.8. The number of hydrogen-bond donors (Lipinski definition) is 1. The van der Waals surface area contributed by atoms with E-state index in [4.69, 9.17) is 9.63 Å². The molecule has 0 saturated carbocycles. The Hall–Kier alpha value is -2.95. The number of fused-ring (bicyclic) bond motifs is 1. The van der Waals surface area contributed by atoms with E-state index in [1.165, 1.54) is 11.3 Å². The summed E-state index contributed by atoms with van der Waals surface area (Å²) in [5, 5.41) is 24.6. The lowest BCUT2D eigenvalue weighted by atomic mass is 10.0. The molecule has 30 heavy (non-hydrogen) atoms. The van der Waals surface area contributed by atoms with Gasteiger partial charge < -0.3 is 19.4 Å². The minimum absolute atomic E-state index is 0.227. The Morgan fingerprint density at radius 3 is 2.67 bits per heavy atom. The third-order valence-electron chi connectivity index (χ3n) is 5.77. The molecular formula is C19H20BrN7O3. The quantitative estimate of drug-likeness (QED) is 0.594. The van der Waals surface area contributed by atoms with Gasteiger partial charge in [0.15, 0.2) is 12.4 Å². The van der Waals surface area contributed by atoms with E-state index in [1.807, 2.05) is 0 Å². The van der Waals surface area contributed by atoms with Crippen molar-refractivity contribution in [1.29, 1.82) is 0 Å². The number of aryl methyl sites for hydroxylation is 1. The van der Waals surface area contributed by atoms with Crippen molar-refractivity contribution >= 4 is 33.4 Å². The standard InChI is InChI=1S/C19H20BrN7O3/c1-11-2-3-14(20)4-15(11)25-6-12-8-26(9-13(12)7-25)17-5-16(30-23-17)19-21-24-27(22-19)10-18(28)29/h2-5,12-13H,6-10H2,1H3,(H,28,29). The van der Waals surface area contributed by atoms with Gasteiger partial charge in [-0.1, -0.05) is 27.2 Å². The predicted molar refractivity (Wildman–Crippen MR) is 111 cm³/mol. The molecule has 2 aliphatic heterocycles. The minimum Gasteiger partial charge on any atom is -0.480 e. The lowest BCUT2D eigenvalue weighted by Gasteiger charge is -2.24. The molecule has 3 aromatic rings. The first-order valence-electron chi connectivity index (χ1n) is 9.69. The third kappa shape index (κ3) is 3.53. The summed E-state index contributed by atoms with van der Waals surface area (Å²) in [6.07, 6.45) is 0. The van der Waals surface area contributed by atoms with Gasteiger partial charge in [0.25, 0.3) is 0 Å². The zero-order valence-electron chi connectivity index (χ0n) is 16.3. The average molecular weight is 474 g/mol. The van der Waals surface area contributed by atoms with Gasteiger partial charge in [0.05, 0.1) is 0 Å². The number of carboxylic acids is 1. The summed E-state index contributed by atoms with van der Waals surface area (Å²) < 4.78 is 6.49. The number of aromatic nitrogens is 5. The number of tetrazole rings is 1. The number of rotatable bonds is 5. The smallest absolute Gasteiger partial charge is 0.327 e. The Balaban J connectivity index is 1.25. The SMILES string of the molecule is Cc1ccc(Br)cc1N1CC2CN(c3cc(-c4nnn(CC(=O)O)n4)on3)CC2C1. The van der Waals surface area contributed by atoms with Crippen LogP contribution in [0.1, 0.15) is 5.56 Å². The molecule has 156 valence electrons. The molecule has 0 aliphatic carbocycles. The van der Waals surface area contributed by atoms with E-state index in [2.05, 4.69) is 71.4 Å². The number of carboxylic acid groups (broad SMARTS) is 1. The van der Waals surface area contributed by atoms with Crippen LogP contribution in [-0.4, -0.2) is 62.6 Å². The normalized spacial score (nSPS) is 20.7. The zero-order chi connectivity index (χ0) is 20.8. The van der Waals surface area contributed by atoms with Crippen LogP contribution in [0.2, 0.25) is 0 Å². The molecule has 2 atom stereocenters. The third-order valence-corrected chi connectivity index (χ3v) is 6.26. The van der Waals surface area contributed by atoms with Crippen molar-refractivity contribution in [2.24, 2.45) is 11.8 Å². The first kappa shape index (κ1) is 19.0. The van der Waals surface area contributed by atoms with E-state index >= 15 is 0 Å². The zero-order valence-corrected chi connectivity index (χ0v) is 17.9. The van der Waals surface area contributed by atoms with Crippen LogP contribution in [0.4, 0.5) is 11.5 Å². The Morgan fingerprint density at radius 1 is 1.20 bits per heavy atom. The molecule has 2 fully saturated rings. The highest BCUT2D eigenvalue weighted by Crippen LogP contribution is 2.38. The highest BCUT2D eigenvalue weighted by molar-refractivity contribution is 9.10. The molecular weight excluding hydrogens is 454 g/mol. The summed E-state index contributed by atoms with van der Waals surface area (Å²) in [6, 6.07) is 8.22. The van der Waals surface area contributed by atoms with Crippen LogP contribution in [0, 0.1) is 18.8 Å². The Labute approximate surface area is 180 Å². The molecule has 10 nitrogen and oxygen atoms in total. The maximum atomic E-state index is 10.8. The van der Waals surface area contributed by atoms with Crippen molar-refractivity contribution < 1.29 is 14.4 Å². The summed E-state index contributed by atoms with van der Waals surface area (Å²) in [5.74, 6) is 1.46. The first-order chi connectivity index (χ1) is 14.5. The second-order valence-corrected chi connectivity index (χ2v) is 8.76. The number of carbonyl (C=O) groups is 1. The fourth-order valence-electron chi connectivity index (χ4n) is 4.35. The number of aliphatic carboxylic acids is 1. The fraction of sp³-hybridized carbons (Fsp3) is 0.421. The van der Waals surface area contributed by atoms with E-state index in [-0.39, 0.29) is 12.4 Å². The number of benzene rings is 1. The number of anilines is 2. The van der Waals surface area contributed by atoms with Crippen molar-refractivity contribution in [3.63, 3.8) is 0 Å². The number of hydrogen-bond acceptors (Lipinski definition) is 8. The molecule has 0 radical (unpaired) electrons. The van der Waals surface area contributed by atoms with Gasteiger partial charge >= 0.3 is 5.97 Å². The maximum Gasteiger partial charge on any atom is 0.327 e. The van der Waals surface area contributed by atoms with Gasteiger partial charge in [-0.25, -0.2) is 0 Å². The molecule has 5 rings (SSSR count). The van der Waals surface area contributed by atoms with E-state index < -0.39 is 5.97 Å². The summed E-state index contributed by atoms with van der Waals surface area (Å²) in [7, 11) is 0. The van der Waals surface area contributed by atoms with Crippen molar-refractivity contribution in [3.8, 4) is 11.6 Å². The largest absolute Gasteiger partial charge is 0.480 e. The van der Waals surface area contributed by atoms with Gasteiger partial charge in [-0.2, -0.15) is 4.80 Å². The molecule has 2 saturated heterocycles. The number of nitrogens with zero attached hydrogens (tertiary/aromatic N) is 7. The summed E-state index contributed by atoms with van der Waals surface area (Å²) in [5.41, 5.74) is 2.59. The van der Waals surface area contributed by atoms with Crippen LogP contribution in [0.25, 0.3) is 11.6 Å². The van der Waals surface area contributed by atoms with E-state index in [0.29, 0.717) is 17.6 Å². The van der Waals surface area contributed by atoms with Crippen LogP contribution < -0.4 is 9.80 Å². The highest BCUT2D eigenvalue weighted by Gasteiger charge is 2.41. The van der Waals surface area contributed by atoms with E-state index in [9.17, 15) is 4.79 Å². The van der Waals surface area contributed by atoms with Crippen LogP contribution in [-0.2, 0) is 11.3 Å². The van der Waals surface area contributed by atoms with Gasteiger partial charge in [-0.3, -0.25) is 4.79 Å². The van der Waals surface area contributed by atoms with E-state index in [1.54, 1.807) is 6.07 Å². The van der Waals surface area contributed by atoms with Gasteiger partial charge in [0, 0.05) is 54.2 Å². The number of halogens is 1. The van der Waals surface area contributed by atoms with Crippen molar-refractivity contribution in [1.82, 2.24) is 25.4 Å². The van der Waals surface area contributed by atoms with Crippen LogP contribution >= 0.6 is 15.9 Å². The second-order valence-electron chi connectivity index (χ2n) is 7.85. The Bertz CT molecular complexity index is 1080. The molecule has 1 N–H and O–H groups in total.